The molecule has 0 spiro atoms. The van der Waals surface area contributed by atoms with Crippen molar-refractivity contribution in [1.82, 2.24) is 9.88 Å². The van der Waals surface area contributed by atoms with Gasteiger partial charge in [0.1, 0.15) is 6.61 Å². The van der Waals surface area contributed by atoms with Crippen LogP contribution in [0.5, 0.6) is 0 Å². The number of ketones is 1. The van der Waals surface area contributed by atoms with E-state index in [1.165, 1.54) is 4.90 Å². The molecule has 0 saturated carbocycles. The van der Waals surface area contributed by atoms with Crippen LogP contribution < -0.4 is 0 Å². The molecule has 1 amide bonds. The topological polar surface area (TPSA) is 59.5 Å². The Balaban J connectivity index is 1.83. The number of ether oxygens (including phenoxy) is 1. The van der Waals surface area contributed by atoms with Crippen LogP contribution in [0.15, 0.2) is 24.5 Å². The van der Waals surface area contributed by atoms with Crippen LogP contribution in [0.3, 0.4) is 0 Å². The van der Waals surface area contributed by atoms with Crippen LogP contribution in [0.25, 0.3) is 0 Å². The fourth-order valence-electron chi connectivity index (χ4n) is 1.71. The van der Waals surface area contributed by atoms with Crippen LogP contribution in [0.2, 0.25) is 0 Å². The van der Waals surface area contributed by atoms with E-state index >= 15 is 0 Å². The molecule has 17 heavy (non-hydrogen) atoms. The zero-order chi connectivity index (χ0) is 12.1. The summed E-state index contributed by atoms with van der Waals surface area (Å²) in [6, 6.07) is 3.57. The van der Waals surface area contributed by atoms with E-state index in [9.17, 15) is 9.59 Å². The van der Waals surface area contributed by atoms with Crippen LogP contribution >= 0.6 is 0 Å². The average Bonchev–Trinajstić information content (AvgIpc) is 2.37. The third kappa shape index (κ3) is 3.27. The number of aromatic nitrogens is 1. The number of carbonyl (C=O) groups excluding carboxylic acids is 2. The lowest BCUT2D eigenvalue weighted by molar-refractivity contribution is -0.121. The molecule has 90 valence electrons. The summed E-state index contributed by atoms with van der Waals surface area (Å²) in [6.45, 7) is 0.988. The van der Waals surface area contributed by atoms with E-state index in [4.69, 9.17) is 4.74 Å². The molecule has 1 aromatic rings. The van der Waals surface area contributed by atoms with Crippen LogP contribution in [0.1, 0.15) is 18.4 Å². The molecule has 0 radical (unpaired) electrons. The number of piperidine rings is 1. The molecule has 1 aliphatic rings. The molecule has 1 saturated heterocycles. The maximum atomic E-state index is 11.7. The van der Waals surface area contributed by atoms with Gasteiger partial charge in [0.25, 0.3) is 0 Å². The first kappa shape index (κ1) is 11.6. The SMILES string of the molecule is O=C1CCCN(C(=O)OCc2ccncc2)C1. The molecule has 1 fully saturated rings. The van der Waals surface area contributed by atoms with Crippen molar-refractivity contribution >= 4 is 11.9 Å². The van der Waals surface area contributed by atoms with Crippen molar-refractivity contribution in [1.29, 1.82) is 0 Å². The van der Waals surface area contributed by atoms with E-state index < -0.39 is 6.09 Å². The summed E-state index contributed by atoms with van der Waals surface area (Å²) in [5.74, 6) is 0.0945. The largest absolute Gasteiger partial charge is 0.445 e. The highest BCUT2D eigenvalue weighted by Crippen LogP contribution is 2.08. The number of carbonyl (C=O) groups is 2. The lowest BCUT2D eigenvalue weighted by Gasteiger charge is -2.24. The van der Waals surface area contributed by atoms with Gasteiger partial charge in [-0.2, -0.15) is 0 Å². The number of pyridine rings is 1. The van der Waals surface area contributed by atoms with Crippen molar-refractivity contribution in [3.05, 3.63) is 30.1 Å². The maximum Gasteiger partial charge on any atom is 0.410 e. The first-order valence-electron chi connectivity index (χ1n) is 5.58. The molecule has 0 aliphatic carbocycles. The van der Waals surface area contributed by atoms with E-state index in [2.05, 4.69) is 4.98 Å². The summed E-state index contributed by atoms with van der Waals surface area (Å²) in [4.78, 5) is 28.2. The van der Waals surface area contributed by atoms with Crippen molar-refractivity contribution in [2.45, 2.75) is 19.4 Å². The van der Waals surface area contributed by atoms with Crippen LogP contribution in [-0.4, -0.2) is 34.8 Å². The molecule has 0 N–H and O–H groups in total. The van der Waals surface area contributed by atoms with Crippen molar-refractivity contribution in [3.8, 4) is 0 Å². The second-order valence-electron chi connectivity index (χ2n) is 3.97. The standard InChI is InChI=1S/C12H14N2O3/c15-11-2-1-7-14(8-11)12(16)17-9-10-3-5-13-6-4-10/h3-6H,1-2,7-9H2. The van der Waals surface area contributed by atoms with E-state index in [-0.39, 0.29) is 18.9 Å². The highest BCUT2D eigenvalue weighted by Gasteiger charge is 2.22. The molecule has 1 aromatic heterocycles. The third-order valence-corrected chi connectivity index (χ3v) is 2.62. The minimum Gasteiger partial charge on any atom is -0.445 e. The molecular weight excluding hydrogens is 220 g/mol. The molecular formula is C12H14N2O3. The Morgan fingerprint density at radius 3 is 2.88 bits per heavy atom. The molecule has 5 heteroatoms. The van der Waals surface area contributed by atoms with Crippen molar-refractivity contribution in [2.75, 3.05) is 13.1 Å². The number of hydrogen-bond donors (Lipinski definition) is 0. The highest BCUT2D eigenvalue weighted by molar-refractivity contribution is 5.85. The predicted octanol–water partition coefficient (Wildman–Crippen LogP) is 1.38. The van der Waals surface area contributed by atoms with E-state index in [0.29, 0.717) is 13.0 Å². The summed E-state index contributed by atoms with van der Waals surface area (Å²) in [6.07, 6.45) is 4.16. The highest BCUT2D eigenvalue weighted by atomic mass is 16.6. The molecule has 0 bridgehead atoms. The van der Waals surface area contributed by atoms with Gasteiger partial charge in [0.05, 0.1) is 6.54 Å². The van der Waals surface area contributed by atoms with Crippen molar-refractivity contribution < 1.29 is 14.3 Å². The summed E-state index contributed by atoms with van der Waals surface area (Å²) in [7, 11) is 0. The Bertz CT molecular complexity index is 405. The minimum atomic E-state index is -0.421. The van der Waals surface area contributed by atoms with E-state index in [0.717, 1.165) is 12.0 Å². The molecule has 1 aliphatic heterocycles. The number of likely N-dealkylation sites (tertiary alicyclic amines) is 1. The van der Waals surface area contributed by atoms with Gasteiger partial charge >= 0.3 is 6.09 Å². The first-order chi connectivity index (χ1) is 8.25. The summed E-state index contributed by atoms with van der Waals surface area (Å²) < 4.78 is 5.12. The quantitative estimate of drug-likeness (QED) is 0.775. The van der Waals surface area contributed by atoms with E-state index in [1.807, 2.05) is 0 Å². The average molecular weight is 234 g/mol. The van der Waals surface area contributed by atoms with Crippen LogP contribution in [0, 0.1) is 0 Å². The number of nitrogens with zero attached hydrogens (tertiary/aromatic N) is 2. The number of amides is 1. The van der Waals surface area contributed by atoms with Gasteiger partial charge in [-0.05, 0) is 24.1 Å². The monoisotopic (exact) mass is 234 g/mol. The van der Waals surface area contributed by atoms with Gasteiger partial charge in [0.2, 0.25) is 0 Å². The Hall–Kier alpha value is -1.91. The molecule has 2 heterocycles. The number of rotatable bonds is 2. The second kappa shape index (κ2) is 5.43. The van der Waals surface area contributed by atoms with Gasteiger partial charge in [-0.25, -0.2) is 4.79 Å². The normalized spacial score (nSPS) is 15.8. The Kier molecular flexibility index (Phi) is 3.69. The Labute approximate surface area is 99.4 Å². The smallest absolute Gasteiger partial charge is 0.410 e. The van der Waals surface area contributed by atoms with E-state index in [1.54, 1.807) is 24.5 Å². The minimum absolute atomic E-state index is 0.0945. The molecule has 5 nitrogen and oxygen atoms in total. The molecule has 0 atom stereocenters. The fourth-order valence-corrected chi connectivity index (χ4v) is 1.71. The molecule has 0 aromatic carbocycles. The van der Waals surface area contributed by atoms with Gasteiger partial charge in [-0.15, -0.1) is 0 Å². The molecule has 0 unspecified atom stereocenters. The number of hydrogen-bond acceptors (Lipinski definition) is 4. The Morgan fingerprint density at radius 1 is 1.41 bits per heavy atom. The second-order valence-corrected chi connectivity index (χ2v) is 3.97. The van der Waals surface area contributed by atoms with Crippen LogP contribution in [-0.2, 0) is 16.1 Å². The van der Waals surface area contributed by atoms with Gasteiger partial charge in [-0.3, -0.25) is 9.78 Å². The summed E-state index contributed by atoms with van der Waals surface area (Å²) in [5.41, 5.74) is 0.886. The maximum absolute atomic E-state index is 11.7. The zero-order valence-electron chi connectivity index (χ0n) is 9.46. The lowest BCUT2D eigenvalue weighted by Crippen LogP contribution is -2.40. The van der Waals surface area contributed by atoms with Gasteiger partial charge in [-0.1, -0.05) is 0 Å². The fraction of sp³-hybridized carbons (Fsp3) is 0.417. The zero-order valence-corrected chi connectivity index (χ0v) is 9.46. The van der Waals surface area contributed by atoms with Crippen LogP contribution in [0.4, 0.5) is 4.79 Å². The third-order valence-electron chi connectivity index (χ3n) is 2.62. The lowest BCUT2D eigenvalue weighted by atomic mass is 10.1. The Morgan fingerprint density at radius 2 is 2.18 bits per heavy atom. The number of Topliss-reactive ketones (excluding diaryl/α,β-unsaturated/α-hetero) is 1. The summed E-state index contributed by atoms with van der Waals surface area (Å²) in [5, 5.41) is 0. The van der Waals surface area contributed by atoms with Gasteiger partial charge in [0.15, 0.2) is 5.78 Å². The predicted molar refractivity (Wildman–Crippen MR) is 60.2 cm³/mol. The summed E-state index contributed by atoms with van der Waals surface area (Å²) >= 11 is 0. The van der Waals surface area contributed by atoms with Gasteiger partial charge < -0.3 is 9.64 Å². The van der Waals surface area contributed by atoms with Crippen molar-refractivity contribution in [3.63, 3.8) is 0 Å². The molecule has 2 rings (SSSR count). The van der Waals surface area contributed by atoms with Crippen molar-refractivity contribution in [2.24, 2.45) is 0 Å². The van der Waals surface area contributed by atoms with Gasteiger partial charge in [0, 0.05) is 25.4 Å². The first-order valence-corrected chi connectivity index (χ1v) is 5.58.